The number of amides is 1. The number of hydrogen-bond acceptors (Lipinski definition) is 5. The largest absolute Gasteiger partial charge is 0.451 e. The first-order valence-corrected chi connectivity index (χ1v) is 8.98. The quantitative estimate of drug-likeness (QED) is 0.544. The molecule has 152 valence electrons. The molecule has 1 atom stereocenters. The van der Waals surface area contributed by atoms with Crippen LogP contribution in [0.15, 0.2) is 42.5 Å². The van der Waals surface area contributed by atoms with Gasteiger partial charge in [0.05, 0.1) is 0 Å². The highest BCUT2D eigenvalue weighted by Gasteiger charge is 2.26. The zero-order chi connectivity index (χ0) is 21.1. The van der Waals surface area contributed by atoms with E-state index in [1.807, 2.05) is 0 Å². The van der Waals surface area contributed by atoms with Gasteiger partial charge in [-0.15, -0.1) is 0 Å². The molecular weight excluding hydrogens is 384 g/mol. The van der Waals surface area contributed by atoms with Crippen LogP contribution in [0, 0.1) is 0 Å². The van der Waals surface area contributed by atoms with Gasteiger partial charge in [0.2, 0.25) is 11.7 Å². The lowest BCUT2D eigenvalue weighted by Crippen LogP contribution is -2.26. The number of para-hydroxylation sites is 1. The molecule has 0 N–H and O–H groups in total. The van der Waals surface area contributed by atoms with Gasteiger partial charge in [0.25, 0.3) is 0 Å². The molecule has 8 heteroatoms. The Morgan fingerprint density at radius 2 is 1.83 bits per heavy atom. The Morgan fingerprint density at radius 1 is 1.10 bits per heavy atom. The number of hydrogen-bond donors (Lipinski definition) is 0. The van der Waals surface area contributed by atoms with Crippen molar-refractivity contribution in [2.75, 3.05) is 11.4 Å². The molecule has 0 spiro atoms. The molecular formula is C21H19F2NO5. The van der Waals surface area contributed by atoms with E-state index in [1.54, 1.807) is 23.1 Å². The number of anilines is 1. The summed E-state index contributed by atoms with van der Waals surface area (Å²) in [4.78, 5) is 38.3. The Hall–Kier alpha value is -3.29. The molecule has 2 aromatic carbocycles. The maximum atomic E-state index is 12.7. The van der Waals surface area contributed by atoms with Crippen LogP contribution in [0.5, 0.6) is 5.75 Å². The zero-order valence-corrected chi connectivity index (χ0v) is 15.9. The van der Waals surface area contributed by atoms with Crippen LogP contribution in [-0.4, -0.2) is 36.9 Å². The minimum Gasteiger partial charge on any atom is -0.451 e. The van der Waals surface area contributed by atoms with E-state index in [2.05, 4.69) is 4.74 Å². The Balaban J connectivity index is 1.73. The molecule has 0 radical (unpaired) electrons. The van der Waals surface area contributed by atoms with Gasteiger partial charge in [-0.2, -0.15) is 8.78 Å². The second-order valence-electron chi connectivity index (χ2n) is 6.55. The van der Waals surface area contributed by atoms with E-state index in [1.165, 1.54) is 38.1 Å². The number of Topliss-reactive ketones (excluding diaryl/α,β-unsaturated/α-hetero) is 1. The molecule has 0 fully saturated rings. The Bertz CT molecular complexity index is 960. The number of nitrogens with zero attached hydrogens (tertiary/aromatic N) is 1. The second kappa shape index (κ2) is 8.38. The SMILES string of the molecule is CC(=O)N1CCc2cc(C(=O)C(C)OC(=O)c3ccccc3OC(F)F)ccc21. The summed E-state index contributed by atoms with van der Waals surface area (Å²) in [7, 11) is 0. The molecule has 0 saturated heterocycles. The maximum absolute atomic E-state index is 12.7. The Labute approximate surface area is 166 Å². The first kappa shape index (κ1) is 20.4. The smallest absolute Gasteiger partial charge is 0.387 e. The van der Waals surface area contributed by atoms with Crippen LogP contribution in [0.4, 0.5) is 14.5 Å². The summed E-state index contributed by atoms with van der Waals surface area (Å²) in [6.45, 7) is 0.342. The van der Waals surface area contributed by atoms with Crippen LogP contribution in [-0.2, 0) is 16.0 Å². The van der Waals surface area contributed by atoms with Crippen molar-refractivity contribution in [3.05, 3.63) is 59.2 Å². The number of carbonyl (C=O) groups is 3. The molecule has 1 aliphatic rings. The number of ether oxygens (including phenoxy) is 2. The summed E-state index contributed by atoms with van der Waals surface area (Å²) >= 11 is 0. The fraction of sp³-hybridized carbons (Fsp3) is 0.286. The fourth-order valence-corrected chi connectivity index (χ4v) is 3.23. The molecule has 0 aromatic heterocycles. The van der Waals surface area contributed by atoms with Gasteiger partial charge in [0, 0.05) is 24.7 Å². The standard InChI is InChI=1S/C21H19F2NO5/c1-12(28-20(27)16-5-3-4-6-18(16)29-21(22)23)19(26)15-7-8-17-14(11-15)9-10-24(17)13(2)25/h3-8,11-12,21H,9-10H2,1-2H3. The average Bonchev–Trinajstić information content (AvgIpc) is 3.10. The van der Waals surface area contributed by atoms with Gasteiger partial charge >= 0.3 is 12.6 Å². The van der Waals surface area contributed by atoms with E-state index in [-0.39, 0.29) is 17.2 Å². The van der Waals surface area contributed by atoms with Crippen LogP contribution in [0.1, 0.15) is 40.1 Å². The molecule has 0 aliphatic carbocycles. The normalized spacial score (nSPS) is 13.8. The number of benzene rings is 2. The van der Waals surface area contributed by atoms with E-state index in [0.717, 1.165) is 11.3 Å². The van der Waals surface area contributed by atoms with Crippen molar-refractivity contribution < 1.29 is 32.6 Å². The zero-order valence-electron chi connectivity index (χ0n) is 15.9. The van der Waals surface area contributed by atoms with Crippen molar-refractivity contribution >= 4 is 23.3 Å². The fourth-order valence-electron chi connectivity index (χ4n) is 3.23. The lowest BCUT2D eigenvalue weighted by Gasteiger charge is -2.16. The lowest BCUT2D eigenvalue weighted by atomic mass is 10.0. The predicted octanol–water partition coefficient (Wildman–Crippen LogP) is 3.63. The van der Waals surface area contributed by atoms with E-state index >= 15 is 0 Å². The van der Waals surface area contributed by atoms with Gasteiger partial charge < -0.3 is 14.4 Å². The summed E-state index contributed by atoms with van der Waals surface area (Å²) in [6, 6.07) is 10.4. The molecule has 29 heavy (non-hydrogen) atoms. The van der Waals surface area contributed by atoms with E-state index in [4.69, 9.17) is 4.74 Å². The van der Waals surface area contributed by atoms with Crippen LogP contribution >= 0.6 is 0 Å². The monoisotopic (exact) mass is 403 g/mol. The first-order valence-electron chi connectivity index (χ1n) is 8.98. The van der Waals surface area contributed by atoms with E-state index in [9.17, 15) is 23.2 Å². The summed E-state index contributed by atoms with van der Waals surface area (Å²) in [5, 5.41) is 0. The van der Waals surface area contributed by atoms with Crippen molar-refractivity contribution in [1.82, 2.24) is 0 Å². The highest BCUT2D eigenvalue weighted by molar-refractivity contribution is 6.03. The number of halogens is 2. The maximum Gasteiger partial charge on any atom is 0.387 e. The molecule has 1 unspecified atom stereocenters. The number of esters is 1. The third-order valence-electron chi connectivity index (χ3n) is 4.62. The molecule has 0 saturated carbocycles. The van der Waals surface area contributed by atoms with Gasteiger partial charge in [0.1, 0.15) is 11.3 Å². The van der Waals surface area contributed by atoms with E-state index < -0.39 is 24.5 Å². The van der Waals surface area contributed by atoms with Crippen LogP contribution < -0.4 is 9.64 Å². The van der Waals surface area contributed by atoms with Crippen LogP contribution in [0.2, 0.25) is 0 Å². The number of rotatable bonds is 6. The Morgan fingerprint density at radius 3 is 2.52 bits per heavy atom. The van der Waals surface area contributed by atoms with Crippen molar-refractivity contribution in [1.29, 1.82) is 0 Å². The molecule has 1 aliphatic heterocycles. The summed E-state index contributed by atoms with van der Waals surface area (Å²) in [6.07, 6.45) is -0.506. The van der Waals surface area contributed by atoms with Crippen LogP contribution in [0.3, 0.4) is 0 Å². The van der Waals surface area contributed by atoms with Crippen molar-refractivity contribution in [3.8, 4) is 5.75 Å². The minimum absolute atomic E-state index is 0.0743. The highest BCUT2D eigenvalue weighted by atomic mass is 19.3. The lowest BCUT2D eigenvalue weighted by molar-refractivity contribution is -0.116. The van der Waals surface area contributed by atoms with Gasteiger partial charge in [-0.1, -0.05) is 12.1 Å². The van der Waals surface area contributed by atoms with Gasteiger partial charge in [-0.05, 0) is 49.2 Å². The van der Waals surface area contributed by atoms with Gasteiger partial charge in [-0.25, -0.2) is 4.79 Å². The number of carbonyl (C=O) groups excluding carboxylic acids is 3. The number of ketones is 1. The topological polar surface area (TPSA) is 72.9 Å². The molecule has 0 bridgehead atoms. The van der Waals surface area contributed by atoms with Crippen molar-refractivity contribution in [3.63, 3.8) is 0 Å². The number of fused-ring (bicyclic) bond motifs is 1. The summed E-state index contributed by atoms with van der Waals surface area (Å²) in [5.74, 6) is -1.77. The van der Waals surface area contributed by atoms with Gasteiger partial charge in [0.15, 0.2) is 6.10 Å². The molecule has 3 rings (SSSR count). The molecule has 1 amide bonds. The highest BCUT2D eigenvalue weighted by Crippen LogP contribution is 2.29. The van der Waals surface area contributed by atoms with Gasteiger partial charge in [-0.3, -0.25) is 9.59 Å². The third-order valence-corrected chi connectivity index (χ3v) is 4.62. The molecule has 2 aromatic rings. The first-order chi connectivity index (χ1) is 13.8. The summed E-state index contributed by atoms with van der Waals surface area (Å²) in [5.41, 5.74) is 1.77. The molecule has 6 nitrogen and oxygen atoms in total. The predicted molar refractivity (Wildman–Crippen MR) is 100 cm³/mol. The van der Waals surface area contributed by atoms with Crippen molar-refractivity contribution in [2.24, 2.45) is 0 Å². The number of alkyl halides is 2. The second-order valence-corrected chi connectivity index (χ2v) is 6.55. The van der Waals surface area contributed by atoms with E-state index in [0.29, 0.717) is 18.5 Å². The Kier molecular flexibility index (Phi) is 5.91. The summed E-state index contributed by atoms with van der Waals surface area (Å²) < 4.78 is 34.5. The minimum atomic E-state index is -3.09. The van der Waals surface area contributed by atoms with Crippen molar-refractivity contribution in [2.45, 2.75) is 33.0 Å². The van der Waals surface area contributed by atoms with Crippen LogP contribution in [0.25, 0.3) is 0 Å². The third kappa shape index (κ3) is 4.42. The average molecular weight is 403 g/mol. The molecule has 1 heterocycles.